The minimum atomic E-state index is -0.582. The first-order valence-corrected chi connectivity index (χ1v) is 6.22. The van der Waals surface area contributed by atoms with E-state index < -0.39 is 5.60 Å². The fraction of sp³-hybridized carbons (Fsp3) is 0.571. The van der Waals surface area contributed by atoms with Crippen LogP contribution in [0.1, 0.15) is 29.5 Å². The number of piperidine rings is 1. The highest BCUT2D eigenvalue weighted by atomic mass is 16.3. The van der Waals surface area contributed by atoms with E-state index in [2.05, 4.69) is 5.32 Å². The first-order valence-electron chi connectivity index (χ1n) is 6.22. The van der Waals surface area contributed by atoms with Gasteiger partial charge in [-0.1, -0.05) is 12.1 Å². The van der Waals surface area contributed by atoms with Gasteiger partial charge >= 0.3 is 0 Å². The fourth-order valence-corrected chi connectivity index (χ4v) is 2.60. The second kappa shape index (κ2) is 4.67. The summed E-state index contributed by atoms with van der Waals surface area (Å²) in [5, 5.41) is 23.5. The van der Waals surface area contributed by atoms with E-state index in [1.165, 1.54) is 0 Å². The standard InChI is InChI=1S/C14H21NO2/c1-10-7-12(8-11(2)13(10)16)9-14(17)3-5-15-6-4-14/h7-8,15-17H,3-6,9H2,1-2H3. The Bertz CT molecular complexity index is 386. The molecule has 2 rings (SSSR count). The Balaban J connectivity index is 2.18. The van der Waals surface area contributed by atoms with E-state index in [0.29, 0.717) is 12.2 Å². The van der Waals surface area contributed by atoms with Crippen molar-refractivity contribution < 1.29 is 10.2 Å². The first kappa shape index (κ1) is 12.4. The number of rotatable bonds is 2. The molecule has 1 fully saturated rings. The van der Waals surface area contributed by atoms with Gasteiger partial charge in [0.2, 0.25) is 0 Å². The summed E-state index contributed by atoms with van der Waals surface area (Å²) in [4.78, 5) is 0. The molecule has 0 radical (unpaired) electrons. The number of hydrogen-bond donors (Lipinski definition) is 3. The lowest BCUT2D eigenvalue weighted by Gasteiger charge is -2.32. The van der Waals surface area contributed by atoms with Crippen LogP contribution in [-0.4, -0.2) is 28.9 Å². The fourth-order valence-electron chi connectivity index (χ4n) is 2.60. The minimum absolute atomic E-state index is 0.367. The zero-order valence-electron chi connectivity index (χ0n) is 10.6. The van der Waals surface area contributed by atoms with E-state index >= 15 is 0 Å². The average Bonchev–Trinajstić information content (AvgIpc) is 2.26. The number of aromatic hydroxyl groups is 1. The predicted octanol–water partition coefficient (Wildman–Crippen LogP) is 1.67. The highest BCUT2D eigenvalue weighted by Gasteiger charge is 2.29. The molecule has 0 aliphatic carbocycles. The SMILES string of the molecule is Cc1cc(CC2(O)CCNCC2)cc(C)c1O. The number of phenolic OH excluding ortho intramolecular Hbond substituents is 1. The van der Waals surface area contributed by atoms with E-state index in [1.807, 2.05) is 26.0 Å². The molecule has 0 unspecified atom stereocenters. The predicted molar refractivity (Wildman–Crippen MR) is 68.3 cm³/mol. The van der Waals surface area contributed by atoms with E-state index in [4.69, 9.17) is 0 Å². The largest absolute Gasteiger partial charge is 0.507 e. The topological polar surface area (TPSA) is 52.5 Å². The molecule has 94 valence electrons. The molecule has 1 aromatic carbocycles. The molecule has 0 bridgehead atoms. The molecule has 0 amide bonds. The maximum atomic E-state index is 10.5. The lowest BCUT2D eigenvalue weighted by atomic mass is 9.85. The summed E-state index contributed by atoms with van der Waals surface area (Å²) in [6.45, 7) is 5.57. The highest BCUT2D eigenvalue weighted by Crippen LogP contribution is 2.28. The van der Waals surface area contributed by atoms with Gasteiger partial charge in [0.25, 0.3) is 0 Å². The lowest BCUT2D eigenvalue weighted by Crippen LogP contribution is -2.43. The Morgan fingerprint density at radius 3 is 2.24 bits per heavy atom. The molecule has 3 N–H and O–H groups in total. The van der Waals surface area contributed by atoms with E-state index in [-0.39, 0.29) is 0 Å². The van der Waals surface area contributed by atoms with Crippen LogP contribution in [0.3, 0.4) is 0 Å². The third kappa shape index (κ3) is 2.79. The van der Waals surface area contributed by atoms with Crippen LogP contribution in [0.15, 0.2) is 12.1 Å². The summed E-state index contributed by atoms with van der Waals surface area (Å²) in [6, 6.07) is 3.95. The number of nitrogens with one attached hydrogen (secondary N) is 1. The van der Waals surface area contributed by atoms with Gasteiger partial charge in [-0.05, 0) is 56.5 Å². The Labute approximate surface area is 102 Å². The molecule has 3 heteroatoms. The van der Waals surface area contributed by atoms with Crippen LogP contribution in [0.25, 0.3) is 0 Å². The van der Waals surface area contributed by atoms with Gasteiger partial charge in [0.15, 0.2) is 0 Å². The molecule has 3 nitrogen and oxygen atoms in total. The molecule has 0 spiro atoms. The zero-order chi connectivity index (χ0) is 12.5. The van der Waals surface area contributed by atoms with Crippen LogP contribution in [0.4, 0.5) is 0 Å². The minimum Gasteiger partial charge on any atom is -0.507 e. The van der Waals surface area contributed by atoms with Gasteiger partial charge in [0.1, 0.15) is 5.75 Å². The molecular formula is C14H21NO2. The Morgan fingerprint density at radius 2 is 1.71 bits per heavy atom. The summed E-state index contributed by atoms with van der Waals surface area (Å²) >= 11 is 0. The van der Waals surface area contributed by atoms with Gasteiger partial charge in [0.05, 0.1) is 5.60 Å². The third-order valence-electron chi connectivity index (χ3n) is 3.62. The van der Waals surface area contributed by atoms with Crippen molar-refractivity contribution in [1.82, 2.24) is 5.32 Å². The Kier molecular flexibility index (Phi) is 3.40. The van der Waals surface area contributed by atoms with Gasteiger partial charge in [-0.25, -0.2) is 0 Å². The number of aryl methyl sites for hydroxylation is 2. The van der Waals surface area contributed by atoms with Gasteiger partial charge < -0.3 is 15.5 Å². The first-order chi connectivity index (χ1) is 8.00. The van der Waals surface area contributed by atoms with Crippen LogP contribution in [0.2, 0.25) is 0 Å². The Hall–Kier alpha value is -1.06. The van der Waals surface area contributed by atoms with E-state index in [9.17, 15) is 10.2 Å². The summed E-state index contributed by atoms with van der Waals surface area (Å²) in [5.41, 5.74) is 2.30. The van der Waals surface area contributed by atoms with Crippen LogP contribution >= 0.6 is 0 Å². The molecule has 1 aromatic rings. The monoisotopic (exact) mass is 235 g/mol. The molecule has 0 aromatic heterocycles. The van der Waals surface area contributed by atoms with Gasteiger partial charge in [-0.15, -0.1) is 0 Å². The van der Waals surface area contributed by atoms with Gasteiger partial charge in [-0.2, -0.15) is 0 Å². The number of phenols is 1. The summed E-state index contributed by atoms with van der Waals surface area (Å²) in [7, 11) is 0. The summed E-state index contributed by atoms with van der Waals surface area (Å²) in [6.07, 6.45) is 2.27. The van der Waals surface area contributed by atoms with Crippen molar-refractivity contribution in [2.24, 2.45) is 0 Å². The second-order valence-corrected chi connectivity index (χ2v) is 5.23. The maximum Gasteiger partial charge on any atom is 0.121 e. The second-order valence-electron chi connectivity index (χ2n) is 5.23. The van der Waals surface area contributed by atoms with Crippen LogP contribution in [-0.2, 0) is 6.42 Å². The van der Waals surface area contributed by atoms with Crippen LogP contribution < -0.4 is 5.32 Å². The van der Waals surface area contributed by atoms with Gasteiger partial charge in [-0.3, -0.25) is 0 Å². The quantitative estimate of drug-likeness (QED) is 0.731. The van der Waals surface area contributed by atoms with Crippen LogP contribution in [0.5, 0.6) is 5.75 Å². The maximum absolute atomic E-state index is 10.5. The number of aliphatic hydroxyl groups is 1. The molecule has 1 aliphatic heterocycles. The van der Waals surface area contributed by atoms with E-state index in [0.717, 1.165) is 42.6 Å². The smallest absolute Gasteiger partial charge is 0.121 e. The highest BCUT2D eigenvalue weighted by molar-refractivity contribution is 5.42. The van der Waals surface area contributed by atoms with E-state index in [1.54, 1.807) is 0 Å². The van der Waals surface area contributed by atoms with Gasteiger partial charge in [0, 0.05) is 6.42 Å². The number of hydrogen-bond acceptors (Lipinski definition) is 3. The molecule has 17 heavy (non-hydrogen) atoms. The normalized spacial score (nSPS) is 19.2. The third-order valence-corrected chi connectivity index (χ3v) is 3.62. The van der Waals surface area contributed by atoms with Crippen LogP contribution in [0, 0.1) is 13.8 Å². The Morgan fingerprint density at radius 1 is 1.18 bits per heavy atom. The molecule has 1 aliphatic rings. The van der Waals surface area contributed by atoms with Crippen molar-refractivity contribution in [3.63, 3.8) is 0 Å². The molecule has 1 saturated heterocycles. The number of benzene rings is 1. The van der Waals surface area contributed by atoms with Crippen molar-refractivity contribution in [2.75, 3.05) is 13.1 Å². The molecular weight excluding hydrogens is 214 g/mol. The summed E-state index contributed by atoms with van der Waals surface area (Å²) < 4.78 is 0. The van der Waals surface area contributed by atoms with Crippen molar-refractivity contribution >= 4 is 0 Å². The summed E-state index contributed by atoms with van der Waals surface area (Å²) in [5.74, 6) is 0.367. The zero-order valence-corrected chi connectivity index (χ0v) is 10.6. The van der Waals surface area contributed by atoms with Crippen molar-refractivity contribution in [3.8, 4) is 5.75 Å². The molecule has 0 atom stereocenters. The average molecular weight is 235 g/mol. The molecule has 0 saturated carbocycles. The molecule has 1 heterocycles. The van der Waals surface area contributed by atoms with Crippen molar-refractivity contribution in [3.05, 3.63) is 28.8 Å². The van der Waals surface area contributed by atoms with Crippen molar-refractivity contribution in [2.45, 2.75) is 38.7 Å². The van der Waals surface area contributed by atoms with Crippen molar-refractivity contribution in [1.29, 1.82) is 0 Å². The lowest BCUT2D eigenvalue weighted by molar-refractivity contribution is 0.0108.